The van der Waals surface area contributed by atoms with E-state index in [1.165, 1.54) is 0 Å². The average molecular weight is 222 g/mol. The van der Waals surface area contributed by atoms with Crippen molar-refractivity contribution in [2.45, 2.75) is 13.3 Å². The second kappa shape index (κ2) is 6.33. The molecule has 0 bridgehead atoms. The molecule has 1 rings (SSSR count). The molecule has 1 heterocycles. The minimum Gasteiger partial charge on any atom is -0.384 e. The number of nitrogens with two attached hydrogens (primary N) is 1. The number of aromatic nitrogens is 1. The lowest BCUT2D eigenvalue weighted by Gasteiger charge is -2.25. The van der Waals surface area contributed by atoms with Crippen LogP contribution >= 0.6 is 0 Å². The summed E-state index contributed by atoms with van der Waals surface area (Å²) in [6, 6.07) is 3.89. The monoisotopic (exact) mass is 222 g/mol. The standard InChI is InChI=1S/C12H22N4/c1-4-7-16(9-8-15(2)3)11-5-6-12(13)14-10-11/h5-6,10H,4,7-9H2,1-3H3,(H2,13,14). The lowest BCUT2D eigenvalue weighted by Crippen LogP contribution is -2.32. The molecule has 0 fully saturated rings. The van der Waals surface area contributed by atoms with Crippen LogP contribution in [0.3, 0.4) is 0 Å². The summed E-state index contributed by atoms with van der Waals surface area (Å²) in [5.41, 5.74) is 6.74. The van der Waals surface area contributed by atoms with Gasteiger partial charge in [0, 0.05) is 19.6 Å². The number of nitrogen functional groups attached to an aromatic ring is 1. The second-order valence-corrected chi connectivity index (χ2v) is 4.23. The predicted molar refractivity (Wildman–Crippen MR) is 69.7 cm³/mol. The maximum atomic E-state index is 5.59. The maximum Gasteiger partial charge on any atom is 0.123 e. The highest BCUT2D eigenvalue weighted by Gasteiger charge is 2.05. The Bertz CT molecular complexity index is 294. The van der Waals surface area contributed by atoms with E-state index >= 15 is 0 Å². The molecule has 0 aromatic carbocycles. The summed E-state index contributed by atoms with van der Waals surface area (Å²) in [5, 5.41) is 0. The molecule has 4 nitrogen and oxygen atoms in total. The van der Waals surface area contributed by atoms with E-state index in [0.29, 0.717) is 5.82 Å². The Morgan fingerprint density at radius 1 is 1.19 bits per heavy atom. The summed E-state index contributed by atoms with van der Waals surface area (Å²) in [7, 11) is 4.18. The Morgan fingerprint density at radius 3 is 2.44 bits per heavy atom. The van der Waals surface area contributed by atoms with Crippen molar-refractivity contribution in [1.82, 2.24) is 9.88 Å². The molecule has 2 N–H and O–H groups in total. The van der Waals surface area contributed by atoms with Gasteiger partial charge in [0.1, 0.15) is 5.82 Å². The van der Waals surface area contributed by atoms with Gasteiger partial charge in [-0.25, -0.2) is 4.98 Å². The van der Waals surface area contributed by atoms with Gasteiger partial charge in [0.2, 0.25) is 0 Å². The van der Waals surface area contributed by atoms with E-state index in [0.717, 1.165) is 31.7 Å². The molecule has 16 heavy (non-hydrogen) atoms. The largest absolute Gasteiger partial charge is 0.384 e. The Hall–Kier alpha value is -1.29. The first-order chi connectivity index (χ1) is 7.63. The van der Waals surface area contributed by atoms with Crippen molar-refractivity contribution in [3.8, 4) is 0 Å². The van der Waals surface area contributed by atoms with Crippen molar-refractivity contribution in [3.05, 3.63) is 18.3 Å². The number of rotatable bonds is 6. The molecule has 0 amide bonds. The fourth-order valence-electron chi connectivity index (χ4n) is 1.55. The number of hydrogen-bond donors (Lipinski definition) is 1. The third kappa shape index (κ3) is 4.06. The molecule has 0 spiro atoms. The van der Waals surface area contributed by atoms with Crippen LogP contribution in [0.1, 0.15) is 13.3 Å². The molecule has 0 saturated heterocycles. The molecule has 0 aliphatic heterocycles. The molecule has 1 aromatic heterocycles. The van der Waals surface area contributed by atoms with Crippen molar-refractivity contribution >= 4 is 11.5 Å². The van der Waals surface area contributed by atoms with Crippen LogP contribution in [-0.4, -0.2) is 43.6 Å². The number of pyridine rings is 1. The van der Waals surface area contributed by atoms with Crippen LogP contribution in [0.5, 0.6) is 0 Å². The van der Waals surface area contributed by atoms with Gasteiger partial charge in [-0.3, -0.25) is 0 Å². The maximum absolute atomic E-state index is 5.59. The Morgan fingerprint density at radius 2 is 1.94 bits per heavy atom. The summed E-state index contributed by atoms with van der Waals surface area (Å²) in [5.74, 6) is 0.577. The van der Waals surface area contributed by atoms with E-state index in [1.54, 1.807) is 0 Å². The van der Waals surface area contributed by atoms with Crippen LogP contribution in [0.2, 0.25) is 0 Å². The van der Waals surface area contributed by atoms with E-state index in [9.17, 15) is 0 Å². The van der Waals surface area contributed by atoms with Crippen molar-refractivity contribution in [2.75, 3.05) is 44.4 Å². The van der Waals surface area contributed by atoms with Gasteiger partial charge in [0.05, 0.1) is 11.9 Å². The SMILES string of the molecule is CCCN(CCN(C)C)c1ccc(N)nc1. The Balaban J connectivity index is 2.64. The summed E-state index contributed by atoms with van der Waals surface area (Å²) in [4.78, 5) is 8.66. The molecule has 0 atom stereocenters. The van der Waals surface area contributed by atoms with Gasteiger partial charge in [-0.15, -0.1) is 0 Å². The topological polar surface area (TPSA) is 45.4 Å². The van der Waals surface area contributed by atoms with E-state index in [1.807, 2.05) is 18.3 Å². The number of likely N-dealkylation sites (N-methyl/N-ethyl adjacent to an activating group) is 1. The minimum atomic E-state index is 0.577. The van der Waals surface area contributed by atoms with Crippen LogP contribution in [-0.2, 0) is 0 Å². The number of nitrogens with zero attached hydrogens (tertiary/aromatic N) is 3. The zero-order valence-electron chi connectivity index (χ0n) is 10.5. The number of anilines is 2. The summed E-state index contributed by atoms with van der Waals surface area (Å²) < 4.78 is 0. The van der Waals surface area contributed by atoms with Crippen molar-refractivity contribution in [1.29, 1.82) is 0 Å². The van der Waals surface area contributed by atoms with E-state index < -0.39 is 0 Å². The molecule has 0 saturated carbocycles. The number of hydrogen-bond acceptors (Lipinski definition) is 4. The molecule has 0 radical (unpaired) electrons. The van der Waals surface area contributed by atoms with Gasteiger partial charge < -0.3 is 15.5 Å². The minimum absolute atomic E-state index is 0.577. The third-order valence-corrected chi connectivity index (χ3v) is 2.45. The molecular formula is C12H22N4. The lowest BCUT2D eigenvalue weighted by molar-refractivity contribution is 0.413. The van der Waals surface area contributed by atoms with Crippen molar-refractivity contribution in [2.24, 2.45) is 0 Å². The lowest BCUT2D eigenvalue weighted by atomic mass is 10.3. The van der Waals surface area contributed by atoms with E-state index in [4.69, 9.17) is 5.73 Å². The molecule has 90 valence electrons. The Labute approximate surface area is 98.1 Å². The highest BCUT2D eigenvalue weighted by molar-refractivity contribution is 5.47. The molecule has 4 heteroatoms. The zero-order valence-corrected chi connectivity index (χ0v) is 10.5. The van der Waals surface area contributed by atoms with Crippen LogP contribution in [0.15, 0.2) is 18.3 Å². The zero-order chi connectivity index (χ0) is 12.0. The van der Waals surface area contributed by atoms with Crippen LogP contribution < -0.4 is 10.6 Å². The quantitative estimate of drug-likeness (QED) is 0.791. The van der Waals surface area contributed by atoms with Crippen LogP contribution in [0.25, 0.3) is 0 Å². The smallest absolute Gasteiger partial charge is 0.123 e. The first kappa shape index (κ1) is 12.8. The van der Waals surface area contributed by atoms with Gasteiger partial charge in [-0.05, 0) is 32.6 Å². The Kier molecular flexibility index (Phi) is 5.05. The summed E-state index contributed by atoms with van der Waals surface area (Å²) in [6.07, 6.45) is 2.98. The van der Waals surface area contributed by atoms with Crippen LogP contribution in [0.4, 0.5) is 11.5 Å². The predicted octanol–water partition coefficient (Wildman–Crippen LogP) is 1.44. The summed E-state index contributed by atoms with van der Waals surface area (Å²) >= 11 is 0. The van der Waals surface area contributed by atoms with E-state index in [-0.39, 0.29) is 0 Å². The first-order valence-corrected chi connectivity index (χ1v) is 5.74. The second-order valence-electron chi connectivity index (χ2n) is 4.23. The first-order valence-electron chi connectivity index (χ1n) is 5.74. The fourth-order valence-corrected chi connectivity index (χ4v) is 1.55. The van der Waals surface area contributed by atoms with Crippen molar-refractivity contribution < 1.29 is 0 Å². The molecule has 0 unspecified atom stereocenters. The fraction of sp³-hybridized carbons (Fsp3) is 0.583. The van der Waals surface area contributed by atoms with Gasteiger partial charge >= 0.3 is 0 Å². The van der Waals surface area contributed by atoms with Gasteiger partial charge in [-0.1, -0.05) is 6.92 Å². The van der Waals surface area contributed by atoms with E-state index in [2.05, 4.69) is 35.8 Å². The molecule has 0 aliphatic carbocycles. The van der Waals surface area contributed by atoms with Crippen molar-refractivity contribution in [3.63, 3.8) is 0 Å². The highest BCUT2D eigenvalue weighted by Crippen LogP contribution is 2.13. The van der Waals surface area contributed by atoms with Gasteiger partial charge in [-0.2, -0.15) is 0 Å². The summed E-state index contributed by atoms with van der Waals surface area (Å²) in [6.45, 7) is 5.31. The van der Waals surface area contributed by atoms with Gasteiger partial charge in [0.15, 0.2) is 0 Å². The highest BCUT2D eigenvalue weighted by atomic mass is 15.2. The average Bonchev–Trinajstić information content (AvgIpc) is 2.25. The molecule has 0 aliphatic rings. The third-order valence-electron chi connectivity index (χ3n) is 2.45. The van der Waals surface area contributed by atoms with Gasteiger partial charge in [0.25, 0.3) is 0 Å². The normalized spacial score (nSPS) is 10.8. The molecular weight excluding hydrogens is 200 g/mol. The molecule has 1 aromatic rings. The van der Waals surface area contributed by atoms with Crippen LogP contribution in [0, 0.1) is 0 Å².